The Bertz CT molecular complexity index is 522. The molecule has 0 bridgehead atoms. The first-order chi connectivity index (χ1) is 10.0. The van der Waals surface area contributed by atoms with E-state index < -0.39 is 0 Å². The summed E-state index contributed by atoms with van der Waals surface area (Å²) >= 11 is 0. The minimum absolute atomic E-state index is 0.0268. The summed E-state index contributed by atoms with van der Waals surface area (Å²) in [5.74, 6) is -0.210. The van der Waals surface area contributed by atoms with E-state index in [2.05, 4.69) is 5.32 Å². The SMILES string of the molecule is COC(=O)N1CCCC(C(=O)Nc2c(C)cccc2C)C1. The van der Waals surface area contributed by atoms with Crippen LogP contribution in [-0.2, 0) is 9.53 Å². The number of hydrogen-bond donors (Lipinski definition) is 1. The van der Waals surface area contributed by atoms with Gasteiger partial charge in [-0.3, -0.25) is 4.79 Å². The van der Waals surface area contributed by atoms with Crippen molar-refractivity contribution in [1.82, 2.24) is 4.90 Å². The van der Waals surface area contributed by atoms with Crippen LogP contribution in [0.15, 0.2) is 18.2 Å². The molecule has 2 amide bonds. The van der Waals surface area contributed by atoms with Crippen LogP contribution in [0.3, 0.4) is 0 Å². The van der Waals surface area contributed by atoms with Gasteiger partial charge >= 0.3 is 6.09 Å². The molecule has 1 saturated heterocycles. The lowest BCUT2D eigenvalue weighted by atomic mass is 9.97. The third-order valence-corrected chi connectivity index (χ3v) is 3.95. The normalized spacial score (nSPS) is 18.2. The number of rotatable bonds is 2. The van der Waals surface area contributed by atoms with Crippen molar-refractivity contribution < 1.29 is 14.3 Å². The number of methoxy groups -OCH3 is 1. The molecule has 1 N–H and O–H groups in total. The number of hydrogen-bond acceptors (Lipinski definition) is 3. The Balaban J connectivity index is 2.05. The fourth-order valence-electron chi connectivity index (χ4n) is 2.72. The molecule has 1 aliphatic rings. The van der Waals surface area contributed by atoms with Crippen LogP contribution in [0.2, 0.25) is 0 Å². The van der Waals surface area contributed by atoms with Gasteiger partial charge in [0, 0.05) is 18.8 Å². The van der Waals surface area contributed by atoms with Crippen LogP contribution in [0.25, 0.3) is 0 Å². The molecule has 5 nitrogen and oxygen atoms in total. The zero-order valence-corrected chi connectivity index (χ0v) is 12.8. The van der Waals surface area contributed by atoms with E-state index in [9.17, 15) is 9.59 Å². The minimum atomic E-state index is -0.362. The topological polar surface area (TPSA) is 58.6 Å². The molecule has 0 saturated carbocycles. The molecule has 1 fully saturated rings. The molecule has 0 aromatic heterocycles. The van der Waals surface area contributed by atoms with Crippen molar-refractivity contribution in [2.24, 2.45) is 5.92 Å². The van der Waals surface area contributed by atoms with Gasteiger partial charge in [-0.05, 0) is 37.8 Å². The fraction of sp³-hybridized carbons (Fsp3) is 0.500. The molecule has 1 aliphatic heterocycles. The highest BCUT2D eigenvalue weighted by Gasteiger charge is 2.29. The van der Waals surface area contributed by atoms with Crippen molar-refractivity contribution in [2.45, 2.75) is 26.7 Å². The summed E-state index contributed by atoms with van der Waals surface area (Å²) in [5, 5.41) is 3.01. The zero-order valence-electron chi connectivity index (χ0n) is 12.8. The molecule has 5 heteroatoms. The van der Waals surface area contributed by atoms with Crippen LogP contribution >= 0.6 is 0 Å². The van der Waals surface area contributed by atoms with Gasteiger partial charge in [0.25, 0.3) is 0 Å². The maximum absolute atomic E-state index is 12.4. The van der Waals surface area contributed by atoms with Crippen molar-refractivity contribution in [3.05, 3.63) is 29.3 Å². The summed E-state index contributed by atoms with van der Waals surface area (Å²) in [6, 6.07) is 5.92. The van der Waals surface area contributed by atoms with E-state index in [-0.39, 0.29) is 17.9 Å². The van der Waals surface area contributed by atoms with Gasteiger partial charge in [0.15, 0.2) is 0 Å². The van der Waals surface area contributed by atoms with Gasteiger partial charge < -0.3 is 15.0 Å². The highest BCUT2D eigenvalue weighted by atomic mass is 16.5. The van der Waals surface area contributed by atoms with Crippen molar-refractivity contribution in [1.29, 1.82) is 0 Å². The number of likely N-dealkylation sites (tertiary alicyclic amines) is 1. The number of carbonyl (C=O) groups is 2. The number of anilines is 1. The number of carbonyl (C=O) groups excluding carboxylic acids is 2. The molecule has 0 aliphatic carbocycles. The number of benzene rings is 1. The smallest absolute Gasteiger partial charge is 0.409 e. The Morgan fingerprint density at radius 3 is 2.57 bits per heavy atom. The summed E-state index contributed by atoms with van der Waals surface area (Å²) in [7, 11) is 1.36. The van der Waals surface area contributed by atoms with E-state index >= 15 is 0 Å². The van der Waals surface area contributed by atoms with Gasteiger partial charge in [-0.15, -0.1) is 0 Å². The zero-order chi connectivity index (χ0) is 15.4. The van der Waals surface area contributed by atoms with Crippen molar-refractivity contribution in [2.75, 3.05) is 25.5 Å². The molecule has 1 aromatic carbocycles. The first-order valence-electron chi connectivity index (χ1n) is 7.23. The predicted molar refractivity (Wildman–Crippen MR) is 81.2 cm³/mol. The molecule has 1 aromatic rings. The summed E-state index contributed by atoms with van der Waals surface area (Å²) in [4.78, 5) is 25.6. The number of nitrogens with zero attached hydrogens (tertiary/aromatic N) is 1. The average molecular weight is 290 g/mol. The van der Waals surface area contributed by atoms with Gasteiger partial charge in [0.05, 0.1) is 13.0 Å². The largest absolute Gasteiger partial charge is 0.453 e. The Morgan fingerprint density at radius 2 is 1.95 bits per heavy atom. The molecule has 21 heavy (non-hydrogen) atoms. The quantitative estimate of drug-likeness (QED) is 0.911. The highest BCUT2D eigenvalue weighted by Crippen LogP contribution is 2.23. The predicted octanol–water partition coefficient (Wildman–Crippen LogP) is 2.72. The van der Waals surface area contributed by atoms with Crippen LogP contribution in [0.1, 0.15) is 24.0 Å². The third kappa shape index (κ3) is 3.54. The monoisotopic (exact) mass is 290 g/mol. The molecular formula is C16H22N2O3. The number of ether oxygens (including phenoxy) is 1. The molecule has 114 valence electrons. The second-order valence-corrected chi connectivity index (χ2v) is 5.51. The number of nitrogens with one attached hydrogen (secondary N) is 1. The van der Waals surface area contributed by atoms with Crippen molar-refractivity contribution >= 4 is 17.7 Å². The van der Waals surface area contributed by atoms with Crippen LogP contribution in [0.5, 0.6) is 0 Å². The first-order valence-corrected chi connectivity index (χ1v) is 7.23. The molecule has 1 unspecified atom stereocenters. The Kier molecular flexibility index (Phi) is 4.83. The summed E-state index contributed by atoms with van der Waals surface area (Å²) in [5.41, 5.74) is 2.96. The number of para-hydroxylation sites is 1. The van der Waals surface area contributed by atoms with Crippen LogP contribution in [-0.4, -0.2) is 37.1 Å². The molecule has 1 atom stereocenters. The van der Waals surface area contributed by atoms with Crippen molar-refractivity contribution in [3.63, 3.8) is 0 Å². The van der Waals surface area contributed by atoms with E-state index in [1.54, 1.807) is 4.90 Å². The van der Waals surface area contributed by atoms with Gasteiger partial charge in [-0.1, -0.05) is 18.2 Å². The lowest BCUT2D eigenvalue weighted by Gasteiger charge is -2.31. The molecule has 0 spiro atoms. The lowest BCUT2D eigenvalue weighted by molar-refractivity contribution is -0.121. The molecule has 0 radical (unpaired) electrons. The van der Waals surface area contributed by atoms with Crippen LogP contribution in [0, 0.1) is 19.8 Å². The van der Waals surface area contributed by atoms with E-state index in [1.165, 1.54) is 7.11 Å². The Labute approximate surface area is 125 Å². The first kappa shape index (κ1) is 15.4. The average Bonchev–Trinajstić information content (AvgIpc) is 2.50. The van der Waals surface area contributed by atoms with E-state index in [0.717, 1.165) is 29.7 Å². The van der Waals surface area contributed by atoms with E-state index in [1.807, 2.05) is 32.0 Å². The number of piperidine rings is 1. The standard InChI is InChI=1S/C16H22N2O3/c1-11-6-4-7-12(2)14(11)17-15(19)13-8-5-9-18(10-13)16(20)21-3/h4,6-7,13H,5,8-10H2,1-3H3,(H,17,19). The van der Waals surface area contributed by atoms with Gasteiger partial charge in [-0.25, -0.2) is 4.79 Å². The van der Waals surface area contributed by atoms with Gasteiger partial charge in [0.2, 0.25) is 5.91 Å². The second-order valence-electron chi connectivity index (χ2n) is 5.51. The van der Waals surface area contributed by atoms with Gasteiger partial charge in [-0.2, -0.15) is 0 Å². The molecular weight excluding hydrogens is 268 g/mol. The Morgan fingerprint density at radius 1 is 1.29 bits per heavy atom. The molecule has 1 heterocycles. The number of aryl methyl sites for hydroxylation is 2. The second kappa shape index (κ2) is 6.61. The summed E-state index contributed by atoms with van der Waals surface area (Å²) in [6.45, 7) is 5.03. The van der Waals surface area contributed by atoms with Crippen LogP contribution in [0.4, 0.5) is 10.5 Å². The summed E-state index contributed by atoms with van der Waals surface area (Å²) < 4.78 is 4.73. The van der Waals surface area contributed by atoms with Crippen molar-refractivity contribution in [3.8, 4) is 0 Å². The lowest BCUT2D eigenvalue weighted by Crippen LogP contribution is -2.43. The number of amides is 2. The van der Waals surface area contributed by atoms with E-state index in [0.29, 0.717) is 13.1 Å². The molecule has 2 rings (SSSR count). The third-order valence-electron chi connectivity index (χ3n) is 3.95. The Hall–Kier alpha value is -2.04. The minimum Gasteiger partial charge on any atom is -0.453 e. The maximum Gasteiger partial charge on any atom is 0.409 e. The summed E-state index contributed by atoms with van der Waals surface area (Å²) in [6.07, 6.45) is 1.25. The van der Waals surface area contributed by atoms with E-state index in [4.69, 9.17) is 4.74 Å². The highest BCUT2D eigenvalue weighted by molar-refractivity contribution is 5.94. The fourth-order valence-corrected chi connectivity index (χ4v) is 2.72. The maximum atomic E-state index is 12.4. The van der Waals surface area contributed by atoms with Gasteiger partial charge in [0.1, 0.15) is 0 Å². The van der Waals surface area contributed by atoms with Crippen LogP contribution < -0.4 is 5.32 Å².